The van der Waals surface area contributed by atoms with Gasteiger partial charge in [0.25, 0.3) is 0 Å². The van der Waals surface area contributed by atoms with E-state index in [1.807, 2.05) is 117 Å². The number of anilines is 3. The van der Waals surface area contributed by atoms with E-state index in [0.717, 1.165) is 145 Å². The molecule has 3 saturated carbocycles. The van der Waals surface area contributed by atoms with Crippen LogP contribution in [0.5, 0.6) is 5.88 Å². The summed E-state index contributed by atoms with van der Waals surface area (Å²) in [5.74, 6) is -8.29. The molecule has 0 bridgehead atoms. The molecule has 5 heterocycles. The van der Waals surface area contributed by atoms with Crippen LogP contribution < -0.4 is 42.4 Å². The average molecular weight is 1800 g/mol. The summed E-state index contributed by atoms with van der Waals surface area (Å²) in [6, 6.07) is 24.0. The van der Waals surface area contributed by atoms with E-state index in [1.165, 1.54) is 38.9 Å². The second kappa shape index (κ2) is 52.4. The molecule has 8 N–H and O–H groups in total. The Morgan fingerprint density at radius 1 is 0.431 bits per heavy atom. The zero-order valence-electron chi connectivity index (χ0n) is 79.1. The van der Waals surface area contributed by atoms with E-state index in [4.69, 9.17) is 10.5 Å². The highest BCUT2D eigenvalue weighted by atomic mass is 19.3. The van der Waals surface area contributed by atoms with Crippen molar-refractivity contribution in [3.05, 3.63) is 131 Å². The van der Waals surface area contributed by atoms with Crippen molar-refractivity contribution in [3.8, 4) is 5.88 Å². The molecule has 28 nitrogen and oxygen atoms in total. The third kappa shape index (κ3) is 29.8. The number of aromatic nitrogens is 3. The highest BCUT2D eigenvalue weighted by Crippen LogP contribution is 2.40. The summed E-state index contributed by atoms with van der Waals surface area (Å²) in [7, 11) is 7.49. The van der Waals surface area contributed by atoms with Crippen LogP contribution in [0.15, 0.2) is 103 Å². The molecule has 6 fully saturated rings. The lowest BCUT2D eigenvalue weighted by molar-refractivity contribution is -0.147. The number of carbonyl (C=O) groups is 11. The lowest BCUT2D eigenvalue weighted by Crippen LogP contribution is -2.56. The molecule has 0 spiro atoms. The number of hydrogen-bond donors (Lipinski definition) is 7. The molecular weight excluding hydrogens is 1660 g/mol. The van der Waals surface area contributed by atoms with E-state index in [2.05, 4.69) is 63.7 Å². The molecule has 5 aromatic rings. The van der Waals surface area contributed by atoms with E-state index in [0.29, 0.717) is 114 Å². The number of ether oxygens (including phenoxy) is 1. The van der Waals surface area contributed by atoms with Gasteiger partial charge in [-0.3, -0.25) is 57.4 Å². The second-order valence-electron chi connectivity index (χ2n) is 36.4. The summed E-state index contributed by atoms with van der Waals surface area (Å²) >= 11 is 0. The van der Waals surface area contributed by atoms with Gasteiger partial charge in [-0.05, 0) is 169 Å². The van der Waals surface area contributed by atoms with Crippen LogP contribution in [0.25, 0.3) is 0 Å². The SMILES string of the molecule is CCC(=O)N[C@@H](C(=O)N1CCN(C)CC1)[C@@H](CC)c1ccc(NC(=O)[C@@H](CC(=O)C(F)(F)c2ccc(OC)nc2)C2CCCCCC2)cc1.CCC(=O)N[C@@H](C(=O)N1CCN(C)CC1)[C@@H](CC)c1ccc(NC(=O)[C@@H](CC(=O)c2ccnn2CC)C2CCCCCC2)cc1.CCC(=O)N[C@@H](C(=O)N1CCN(C)CC1)[C@@H](CC)c1ccc(NC(=O)[C@@H](N)C2CCCCCC2)cc1. The number of hydrogen-bond acceptors (Lipinski definition) is 18. The molecule has 9 amide bonds. The summed E-state index contributed by atoms with van der Waals surface area (Å²) in [5, 5.41) is 22.2. The topological polar surface area (TPSA) is 345 Å². The van der Waals surface area contributed by atoms with E-state index in [-0.39, 0.29) is 107 Å². The van der Waals surface area contributed by atoms with Crippen molar-refractivity contribution in [1.29, 1.82) is 0 Å². The van der Waals surface area contributed by atoms with E-state index >= 15 is 8.78 Å². The molecule has 2 aromatic heterocycles. The number of piperazine rings is 3. The molecule has 3 aliphatic heterocycles. The second-order valence-corrected chi connectivity index (χ2v) is 36.4. The Kier molecular flexibility index (Phi) is 41.8. The normalized spacial score (nSPS) is 18.8. The third-order valence-electron chi connectivity index (χ3n) is 27.6. The van der Waals surface area contributed by atoms with Gasteiger partial charge in [-0.25, -0.2) is 4.98 Å². The predicted molar refractivity (Wildman–Crippen MR) is 503 cm³/mol. The van der Waals surface area contributed by atoms with Gasteiger partial charge in [0.15, 0.2) is 5.78 Å². The number of nitrogens with two attached hydrogens (primary N) is 1. The number of rotatable bonds is 36. The number of Topliss-reactive ketones (excluding diaryl/α,β-unsaturated/α-hetero) is 2. The number of pyridine rings is 1. The van der Waals surface area contributed by atoms with Gasteiger partial charge < -0.3 is 71.8 Å². The number of nitrogens with one attached hydrogen (secondary N) is 6. The highest BCUT2D eigenvalue weighted by Gasteiger charge is 2.46. The van der Waals surface area contributed by atoms with Crippen molar-refractivity contribution in [1.82, 2.24) is 60.1 Å². The zero-order valence-corrected chi connectivity index (χ0v) is 79.1. The van der Waals surface area contributed by atoms with Crippen molar-refractivity contribution < 1.29 is 66.3 Å². The molecule has 9 atom stereocenters. The van der Waals surface area contributed by atoms with E-state index in [9.17, 15) is 52.7 Å². The monoisotopic (exact) mass is 1800 g/mol. The smallest absolute Gasteiger partial charge is 0.331 e. The summed E-state index contributed by atoms with van der Waals surface area (Å²) in [5.41, 5.74) is 10.9. The highest BCUT2D eigenvalue weighted by molar-refractivity contribution is 6.01. The van der Waals surface area contributed by atoms with E-state index < -0.39 is 65.6 Å². The largest absolute Gasteiger partial charge is 0.481 e. The first-order chi connectivity index (χ1) is 62.6. The molecule has 714 valence electrons. The number of halogens is 2. The Morgan fingerprint density at radius 2 is 0.762 bits per heavy atom. The van der Waals surface area contributed by atoms with Crippen LogP contribution in [0.1, 0.15) is 266 Å². The Bertz CT molecular complexity index is 4410. The van der Waals surface area contributed by atoms with Gasteiger partial charge in [0, 0.05) is 188 Å². The standard InChI is InChI=1S/C37H51F2N5O5.C35H52N6O4.C28H45N5O3/c1-5-29(34(42-32(46)6-2)36(48)44-21-19-43(3)20-22-44)26-13-16-28(17-14-26)41-35(47)30(25-11-9-7-8-10-12-25)23-31(45)37(38,39)27-15-18-33(49-4)40-24-27;1-5-28(33(38-32(43)6-2)35(45)40-22-20-39(4)21-23-40)26-14-16-27(17-15-26)37-34(44)29(25-12-10-8-9-11-13-25)24-31(42)30-18-19-36-41(30)7-3;1-4-23(26(31-24(34)5-2)28(36)33-18-16-32(3)17-19-33)20-12-14-22(15-13-20)30-27(35)25(29)21-10-8-6-7-9-11-21/h13-18,24-25,29-30,34H,5-12,19-23H2,1-4H3,(H,41,47)(H,42,46);14-19,25,28-29,33H,5-13,20-24H2,1-4H3,(H,37,44)(H,38,43);12-15,21,23,25-26H,4-11,16-19,29H2,1-3H3,(H,30,35)(H,31,34)/t29-,30-,34+;28-,29-,33+;23-,25-,26+/m000/s1. The molecule has 3 saturated heterocycles. The predicted octanol–water partition coefficient (Wildman–Crippen LogP) is 13.5. The number of likely N-dealkylation sites (N-methyl/N-ethyl adjacent to an activating group) is 3. The minimum Gasteiger partial charge on any atom is -0.481 e. The number of nitrogens with zero attached hydrogens (tertiary/aromatic N) is 9. The first-order valence-electron chi connectivity index (χ1n) is 48.3. The van der Waals surface area contributed by atoms with Crippen LogP contribution in [-0.2, 0) is 60.4 Å². The number of benzene rings is 3. The molecule has 130 heavy (non-hydrogen) atoms. The molecule has 11 rings (SSSR count). The van der Waals surface area contributed by atoms with Crippen molar-refractivity contribution in [2.75, 3.05) is 123 Å². The first kappa shape index (κ1) is 104. The molecule has 30 heteroatoms. The van der Waals surface area contributed by atoms with Gasteiger partial charge >= 0.3 is 5.92 Å². The maximum Gasteiger partial charge on any atom is 0.331 e. The van der Waals surface area contributed by atoms with Crippen LogP contribution in [0.2, 0.25) is 0 Å². The molecule has 0 unspecified atom stereocenters. The van der Waals surface area contributed by atoms with Crippen molar-refractivity contribution in [2.24, 2.45) is 35.3 Å². The number of ketones is 2. The van der Waals surface area contributed by atoms with Gasteiger partial charge in [-0.15, -0.1) is 0 Å². The number of amides is 9. The molecule has 3 aliphatic carbocycles. The van der Waals surface area contributed by atoms with Crippen molar-refractivity contribution in [3.63, 3.8) is 0 Å². The maximum atomic E-state index is 15.4. The summed E-state index contributed by atoms with van der Waals surface area (Å²) in [6.07, 6.45) is 23.2. The Morgan fingerprint density at radius 3 is 1.07 bits per heavy atom. The number of methoxy groups -OCH3 is 1. The van der Waals surface area contributed by atoms with Crippen molar-refractivity contribution in [2.45, 2.75) is 270 Å². The van der Waals surface area contributed by atoms with Crippen LogP contribution in [0, 0.1) is 29.6 Å². The van der Waals surface area contributed by atoms with Gasteiger partial charge in [-0.2, -0.15) is 13.9 Å². The van der Waals surface area contributed by atoms with Gasteiger partial charge in [0.2, 0.25) is 64.8 Å². The Hall–Kier alpha value is -9.91. The first-order valence-corrected chi connectivity index (χ1v) is 48.3. The quantitative estimate of drug-likeness (QED) is 0.0145. The fourth-order valence-electron chi connectivity index (χ4n) is 19.2. The number of carbonyl (C=O) groups excluding carboxylic acids is 11. The Balaban J connectivity index is 0.000000222. The fourth-order valence-corrected chi connectivity index (χ4v) is 19.2. The molecule has 6 aliphatic rings. The Labute approximate surface area is 769 Å². The van der Waals surface area contributed by atoms with E-state index in [1.54, 1.807) is 49.8 Å². The zero-order chi connectivity index (χ0) is 94.0. The molecule has 3 aromatic carbocycles. The number of alkyl halides is 2. The minimum atomic E-state index is -3.81. The third-order valence-corrected chi connectivity index (χ3v) is 27.6. The summed E-state index contributed by atoms with van der Waals surface area (Å²) in [6.45, 7) is 22.5. The van der Waals surface area contributed by atoms with Gasteiger partial charge in [0.05, 0.1) is 13.2 Å². The summed E-state index contributed by atoms with van der Waals surface area (Å²) < 4.78 is 37.4. The lowest BCUT2D eigenvalue weighted by Gasteiger charge is -2.37. The molecule has 0 radical (unpaired) electrons. The number of aryl methyl sites for hydroxylation is 1. The average Bonchev–Trinajstić information content (AvgIpc) is 0.924. The molecular formula is C100H148F2N16O12. The summed E-state index contributed by atoms with van der Waals surface area (Å²) in [4.78, 5) is 161. The van der Waals surface area contributed by atoms with Crippen LogP contribution in [0.3, 0.4) is 0 Å². The fraction of sp³-hybridized carbons (Fsp3) is 0.630. The van der Waals surface area contributed by atoms with Crippen molar-refractivity contribution >= 4 is 81.8 Å². The maximum absolute atomic E-state index is 15.4. The van der Waals surface area contributed by atoms with Crippen LogP contribution in [-0.4, -0.2) is 240 Å². The lowest BCUT2D eigenvalue weighted by atomic mass is 9.81. The van der Waals surface area contributed by atoms with Gasteiger partial charge in [0.1, 0.15) is 23.8 Å². The minimum absolute atomic E-state index is 0.0245. The van der Waals surface area contributed by atoms with Gasteiger partial charge in [-0.1, -0.05) is 155 Å². The van der Waals surface area contributed by atoms with Crippen LogP contribution in [0.4, 0.5) is 25.8 Å². The van der Waals surface area contributed by atoms with Crippen LogP contribution >= 0.6 is 0 Å².